The normalized spacial score (nSPS) is 15.5. The van der Waals surface area contributed by atoms with Crippen LogP contribution in [-0.4, -0.2) is 31.8 Å². The van der Waals surface area contributed by atoms with Gasteiger partial charge in [0, 0.05) is 25.8 Å². The predicted octanol–water partition coefficient (Wildman–Crippen LogP) is 3.75. The first kappa shape index (κ1) is 23.0. The lowest BCUT2D eigenvalue weighted by atomic mass is 10.1. The summed E-state index contributed by atoms with van der Waals surface area (Å²) in [6.07, 6.45) is 0. The summed E-state index contributed by atoms with van der Waals surface area (Å²) in [4.78, 5) is 34.0. The molecule has 0 radical (unpaired) electrons. The number of benzene rings is 2. The fraction of sp³-hybridized carbons (Fsp3) is 0.370. The van der Waals surface area contributed by atoms with Crippen molar-refractivity contribution in [1.82, 2.24) is 18.7 Å². The third kappa shape index (κ3) is 3.92. The lowest BCUT2D eigenvalue weighted by Gasteiger charge is -2.33. The smallest absolute Gasteiger partial charge is 0.332 e. The van der Waals surface area contributed by atoms with Crippen LogP contribution in [0.25, 0.3) is 11.2 Å². The average Bonchev–Trinajstić information content (AvgIpc) is 3.22. The zero-order valence-corrected chi connectivity index (χ0v) is 20.9. The monoisotopic (exact) mass is 473 g/mol. The van der Waals surface area contributed by atoms with Crippen molar-refractivity contribution < 1.29 is 4.74 Å². The SMILES string of the molecule is CCOc1ccc(N2CC(C)Cn3c2nc2c3c(=O)n(Cc3cc(C)ccc3C)c(=O)n2C)cc1. The second-order valence-corrected chi connectivity index (χ2v) is 9.50. The van der Waals surface area contributed by atoms with Crippen molar-refractivity contribution in [3.05, 3.63) is 80.0 Å². The van der Waals surface area contributed by atoms with E-state index in [4.69, 9.17) is 9.72 Å². The van der Waals surface area contributed by atoms with Crippen molar-refractivity contribution in [3.8, 4) is 5.75 Å². The molecule has 0 spiro atoms. The Morgan fingerprint density at radius 1 is 1.06 bits per heavy atom. The Bertz CT molecular complexity index is 1530. The van der Waals surface area contributed by atoms with Crippen LogP contribution < -0.4 is 20.9 Å². The molecule has 2 aromatic heterocycles. The molecule has 0 aliphatic carbocycles. The molecule has 4 aromatic rings. The molecule has 1 aliphatic rings. The minimum absolute atomic E-state index is 0.230. The molecule has 182 valence electrons. The van der Waals surface area contributed by atoms with E-state index in [1.807, 2.05) is 67.8 Å². The Kier molecular flexibility index (Phi) is 5.75. The molecular weight excluding hydrogens is 442 g/mol. The van der Waals surface area contributed by atoms with Gasteiger partial charge in [-0.1, -0.05) is 30.7 Å². The molecule has 5 rings (SSSR count). The number of nitrogens with zero attached hydrogens (tertiary/aromatic N) is 5. The van der Waals surface area contributed by atoms with Gasteiger partial charge in [-0.3, -0.25) is 13.9 Å². The summed E-state index contributed by atoms with van der Waals surface area (Å²) in [5.74, 6) is 1.78. The average molecular weight is 474 g/mol. The summed E-state index contributed by atoms with van der Waals surface area (Å²) in [6.45, 7) is 10.4. The molecule has 1 atom stereocenters. The highest BCUT2D eigenvalue weighted by molar-refractivity contribution is 5.77. The number of hydrogen-bond acceptors (Lipinski definition) is 5. The van der Waals surface area contributed by atoms with E-state index in [9.17, 15) is 9.59 Å². The number of aryl methyl sites for hydroxylation is 3. The van der Waals surface area contributed by atoms with Crippen LogP contribution in [0.3, 0.4) is 0 Å². The fourth-order valence-electron chi connectivity index (χ4n) is 4.89. The summed E-state index contributed by atoms with van der Waals surface area (Å²) in [5, 5.41) is 0. The number of imidazole rings is 1. The van der Waals surface area contributed by atoms with Crippen LogP contribution in [0, 0.1) is 19.8 Å². The largest absolute Gasteiger partial charge is 0.494 e. The Labute approximate surface area is 204 Å². The highest BCUT2D eigenvalue weighted by Crippen LogP contribution is 2.33. The van der Waals surface area contributed by atoms with Gasteiger partial charge in [0.05, 0.1) is 13.2 Å². The van der Waals surface area contributed by atoms with E-state index in [-0.39, 0.29) is 23.7 Å². The van der Waals surface area contributed by atoms with E-state index in [0.29, 0.717) is 30.3 Å². The van der Waals surface area contributed by atoms with E-state index in [1.165, 1.54) is 9.13 Å². The van der Waals surface area contributed by atoms with Crippen molar-refractivity contribution in [2.45, 2.75) is 40.8 Å². The maximum atomic E-state index is 13.8. The summed E-state index contributed by atoms with van der Waals surface area (Å²) in [6, 6.07) is 14.0. The van der Waals surface area contributed by atoms with Gasteiger partial charge in [-0.15, -0.1) is 0 Å². The molecule has 0 bridgehead atoms. The van der Waals surface area contributed by atoms with Crippen molar-refractivity contribution in [2.24, 2.45) is 13.0 Å². The highest BCUT2D eigenvalue weighted by Gasteiger charge is 2.30. The number of rotatable bonds is 5. The third-order valence-corrected chi connectivity index (χ3v) is 6.73. The minimum Gasteiger partial charge on any atom is -0.494 e. The molecule has 3 heterocycles. The number of hydrogen-bond donors (Lipinski definition) is 0. The Balaban J connectivity index is 1.67. The van der Waals surface area contributed by atoms with Crippen LogP contribution in [0.5, 0.6) is 5.75 Å². The topological polar surface area (TPSA) is 74.3 Å². The Morgan fingerprint density at radius 2 is 1.80 bits per heavy atom. The van der Waals surface area contributed by atoms with Crippen LogP contribution in [0.2, 0.25) is 0 Å². The van der Waals surface area contributed by atoms with Crippen LogP contribution in [0.4, 0.5) is 11.6 Å². The zero-order valence-electron chi connectivity index (χ0n) is 20.9. The van der Waals surface area contributed by atoms with E-state index >= 15 is 0 Å². The number of aromatic nitrogens is 4. The number of ether oxygens (including phenoxy) is 1. The van der Waals surface area contributed by atoms with Crippen LogP contribution in [0.1, 0.15) is 30.5 Å². The number of fused-ring (bicyclic) bond motifs is 3. The number of anilines is 2. The van der Waals surface area contributed by atoms with Gasteiger partial charge in [0.15, 0.2) is 11.2 Å². The summed E-state index contributed by atoms with van der Waals surface area (Å²) in [7, 11) is 1.69. The molecule has 1 aliphatic heterocycles. The molecule has 35 heavy (non-hydrogen) atoms. The maximum absolute atomic E-state index is 13.8. The van der Waals surface area contributed by atoms with Crippen molar-refractivity contribution in [3.63, 3.8) is 0 Å². The quantitative estimate of drug-likeness (QED) is 0.441. The van der Waals surface area contributed by atoms with E-state index in [0.717, 1.165) is 34.7 Å². The first-order valence-electron chi connectivity index (χ1n) is 12.0. The molecule has 8 heteroatoms. The zero-order chi connectivity index (χ0) is 24.9. The maximum Gasteiger partial charge on any atom is 0.332 e. The second-order valence-electron chi connectivity index (χ2n) is 9.50. The lowest BCUT2D eigenvalue weighted by Crippen LogP contribution is -2.40. The van der Waals surface area contributed by atoms with Crippen molar-refractivity contribution in [1.29, 1.82) is 0 Å². The summed E-state index contributed by atoms with van der Waals surface area (Å²) < 4.78 is 10.4. The lowest BCUT2D eigenvalue weighted by molar-refractivity contribution is 0.340. The standard InChI is InChI=1S/C27H31N5O3/c1-6-35-22-11-9-21(10-12-22)30-14-18(3)15-31-23-24(28-26(30)31)29(5)27(34)32(25(23)33)16-20-13-17(2)7-8-19(20)4/h7-13,18H,6,14-16H2,1-5H3. The summed E-state index contributed by atoms with van der Waals surface area (Å²) >= 11 is 0. The fourth-order valence-corrected chi connectivity index (χ4v) is 4.89. The molecule has 0 saturated carbocycles. The molecule has 0 amide bonds. The van der Waals surface area contributed by atoms with E-state index in [2.05, 4.69) is 11.8 Å². The molecule has 0 N–H and O–H groups in total. The first-order valence-corrected chi connectivity index (χ1v) is 12.0. The third-order valence-electron chi connectivity index (χ3n) is 6.73. The highest BCUT2D eigenvalue weighted by atomic mass is 16.5. The van der Waals surface area contributed by atoms with Gasteiger partial charge in [-0.25, -0.2) is 4.79 Å². The first-order chi connectivity index (χ1) is 16.8. The molecule has 1 unspecified atom stereocenters. The van der Waals surface area contributed by atoms with Gasteiger partial charge in [-0.2, -0.15) is 4.98 Å². The van der Waals surface area contributed by atoms with Crippen LogP contribution in [-0.2, 0) is 20.1 Å². The van der Waals surface area contributed by atoms with Gasteiger partial charge >= 0.3 is 5.69 Å². The van der Waals surface area contributed by atoms with Crippen LogP contribution >= 0.6 is 0 Å². The van der Waals surface area contributed by atoms with Gasteiger partial charge in [-0.05, 0) is 62.1 Å². The second kappa shape index (κ2) is 8.76. The van der Waals surface area contributed by atoms with Crippen LogP contribution in [0.15, 0.2) is 52.1 Å². The van der Waals surface area contributed by atoms with Crippen molar-refractivity contribution >= 4 is 22.8 Å². The van der Waals surface area contributed by atoms with E-state index in [1.54, 1.807) is 7.05 Å². The van der Waals surface area contributed by atoms with Gasteiger partial charge in [0.25, 0.3) is 5.56 Å². The van der Waals surface area contributed by atoms with E-state index < -0.39 is 0 Å². The van der Waals surface area contributed by atoms with Gasteiger partial charge < -0.3 is 14.2 Å². The molecule has 0 saturated heterocycles. The Hall–Kier alpha value is -3.81. The predicted molar refractivity (Wildman–Crippen MR) is 138 cm³/mol. The summed E-state index contributed by atoms with van der Waals surface area (Å²) in [5.41, 5.74) is 4.30. The van der Waals surface area contributed by atoms with Gasteiger partial charge in [0.1, 0.15) is 5.75 Å². The molecule has 8 nitrogen and oxygen atoms in total. The van der Waals surface area contributed by atoms with Crippen molar-refractivity contribution in [2.75, 3.05) is 18.1 Å². The molecule has 2 aromatic carbocycles. The molecule has 0 fully saturated rings. The minimum atomic E-state index is -0.362. The Morgan fingerprint density at radius 3 is 2.51 bits per heavy atom. The van der Waals surface area contributed by atoms with Gasteiger partial charge in [0.2, 0.25) is 5.95 Å². The molecular formula is C27H31N5O3.